The molecule has 0 radical (unpaired) electrons. The standard InChI is InChI=1S/C24H30F3N3O4/c1-16(2)11-20-13-22(34-28-20)19-12-18(17-3-5-21(6-4-17)33-24(25,26)27)14-30(15-19)23(31)29-7-9-32-10-8-29/h3-6,13,16,18-19H,7-12,14-15H2,1-2H3. The first-order valence-corrected chi connectivity index (χ1v) is 11.6. The zero-order valence-corrected chi connectivity index (χ0v) is 19.4. The Bertz CT molecular complexity index is 955. The number of benzene rings is 1. The second-order valence-corrected chi connectivity index (χ2v) is 9.35. The number of ether oxygens (including phenoxy) is 2. The Morgan fingerprint density at radius 1 is 1.12 bits per heavy atom. The van der Waals surface area contributed by atoms with E-state index in [9.17, 15) is 18.0 Å². The second kappa shape index (κ2) is 10.2. The van der Waals surface area contributed by atoms with Crippen molar-refractivity contribution in [3.8, 4) is 5.75 Å². The fourth-order valence-corrected chi connectivity index (χ4v) is 4.63. The van der Waals surface area contributed by atoms with Crippen LogP contribution in [0.1, 0.15) is 49.1 Å². The van der Waals surface area contributed by atoms with Gasteiger partial charge in [-0.3, -0.25) is 0 Å². The summed E-state index contributed by atoms with van der Waals surface area (Å²) >= 11 is 0. The first kappa shape index (κ1) is 24.4. The summed E-state index contributed by atoms with van der Waals surface area (Å²) in [6.45, 7) is 7.28. The largest absolute Gasteiger partial charge is 0.573 e. The first-order chi connectivity index (χ1) is 16.2. The van der Waals surface area contributed by atoms with Crippen LogP contribution in [0, 0.1) is 5.92 Å². The van der Waals surface area contributed by atoms with E-state index in [0.29, 0.717) is 51.7 Å². The van der Waals surface area contributed by atoms with Crippen LogP contribution in [-0.4, -0.2) is 66.7 Å². The Morgan fingerprint density at radius 3 is 2.44 bits per heavy atom. The molecule has 186 valence electrons. The number of hydrogen-bond donors (Lipinski definition) is 0. The van der Waals surface area contributed by atoms with Crippen molar-refractivity contribution in [1.29, 1.82) is 0 Å². The molecule has 0 spiro atoms. The average molecular weight is 482 g/mol. The number of likely N-dealkylation sites (tertiary alicyclic amines) is 1. The van der Waals surface area contributed by atoms with Gasteiger partial charge in [0.15, 0.2) is 0 Å². The molecule has 2 saturated heterocycles. The lowest BCUT2D eigenvalue weighted by Gasteiger charge is -2.40. The molecule has 0 N–H and O–H groups in total. The molecule has 0 saturated carbocycles. The van der Waals surface area contributed by atoms with Gasteiger partial charge in [-0.05, 0) is 36.5 Å². The highest BCUT2D eigenvalue weighted by atomic mass is 19.4. The monoisotopic (exact) mass is 481 g/mol. The van der Waals surface area contributed by atoms with Crippen molar-refractivity contribution in [3.63, 3.8) is 0 Å². The third kappa shape index (κ3) is 6.22. The molecule has 2 amide bonds. The molecule has 2 aliphatic heterocycles. The molecule has 7 nitrogen and oxygen atoms in total. The van der Waals surface area contributed by atoms with Crippen LogP contribution in [0.5, 0.6) is 5.75 Å². The molecule has 2 unspecified atom stereocenters. The number of urea groups is 1. The maximum absolute atomic E-state index is 13.3. The smallest absolute Gasteiger partial charge is 0.406 e. The van der Waals surface area contributed by atoms with Crippen LogP contribution in [-0.2, 0) is 11.2 Å². The summed E-state index contributed by atoms with van der Waals surface area (Å²) in [5, 5.41) is 4.21. The van der Waals surface area contributed by atoms with Crippen LogP contribution in [0.3, 0.4) is 0 Å². The minimum absolute atomic E-state index is 0.0584. The molecular formula is C24H30F3N3O4. The van der Waals surface area contributed by atoms with Crippen LogP contribution >= 0.6 is 0 Å². The van der Waals surface area contributed by atoms with Crippen molar-refractivity contribution >= 4 is 6.03 Å². The van der Waals surface area contributed by atoms with E-state index in [2.05, 4.69) is 23.7 Å². The highest BCUT2D eigenvalue weighted by Crippen LogP contribution is 2.37. The van der Waals surface area contributed by atoms with Gasteiger partial charge < -0.3 is 23.8 Å². The van der Waals surface area contributed by atoms with Crippen molar-refractivity contribution in [2.24, 2.45) is 5.92 Å². The first-order valence-electron chi connectivity index (χ1n) is 11.6. The molecule has 1 aromatic carbocycles. The SMILES string of the molecule is CC(C)Cc1cc(C2CC(c3ccc(OC(F)(F)F)cc3)CN(C(=O)N3CCOCC3)C2)on1. The molecule has 0 bridgehead atoms. The lowest BCUT2D eigenvalue weighted by molar-refractivity contribution is -0.274. The van der Waals surface area contributed by atoms with Crippen molar-refractivity contribution in [2.75, 3.05) is 39.4 Å². The number of hydrogen-bond acceptors (Lipinski definition) is 5. The van der Waals surface area contributed by atoms with Gasteiger partial charge in [0, 0.05) is 44.1 Å². The number of carbonyl (C=O) groups is 1. The maximum Gasteiger partial charge on any atom is 0.573 e. The predicted molar refractivity (Wildman–Crippen MR) is 118 cm³/mol. The molecule has 3 heterocycles. The van der Waals surface area contributed by atoms with E-state index in [-0.39, 0.29) is 23.6 Å². The van der Waals surface area contributed by atoms with Crippen molar-refractivity contribution in [3.05, 3.63) is 47.3 Å². The Balaban J connectivity index is 1.55. The molecule has 10 heteroatoms. The van der Waals surface area contributed by atoms with E-state index in [1.54, 1.807) is 17.0 Å². The molecule has 2 aliphatic rings. The molecule has 2 atom stereocenters. The lowest BCUT2D eigenvalue weighted by Crippen LogP contribution is -2.52. The maximum atomic E-state index is 13.3. The summed E-state index contributed by atoms with van der Waals surface area (Å²) in [5.41, 5.74) is 1.73. The van der Waals surface area contributed by atoms with Gasteiger partial charge in [0.1, 0.15) is 11.5 Å². The van der Waals surface area contributed by atoms with Crippen molar-refractivity contribution in [2.45, 2.75) is 44.9 Å². The minimum atomic E-state index is -4.74. The van der Waals surface area contributed by atoms with Gasteiger partial charge >= 0.3 is 12.4 Å². The average Bonchev–Trinajstić information content (AvgIpc) is 3.26. The molecule has 4 rings (SSSR count). The number of morpholine rings is 1. The van der Waals surface area contributed by atoms with Gasteiger partial charge in [-0.2, -0.15) is 0 Å². The number of carbonyl (C=O) groups excluding carboxylic acids is 1. The fourth-order valence-electron chi connectivity index (χ4n) is 4.63. The summed E-state index contributed by atoms with van der Waals surface area (Å²) in [6, 6.07) is 7.81. The number of piperidine rings is 1. The molecule has 0 aliphatic carbocycles. The van der Waals surface area contributed by atoms with Gasteiger partial charge in [0.25, 0.3) is 0 Å². The van der Waals surface area contributed by atoms with E-state index in [1.165, 1.54) is 12.1 Å². The summed E-state index contributed by atoms with van der Waals surface area (Å²) in [7, 11) is 0. The van der Waals surface area contributed by atoms with Gasteiger partial charge in [-0.25, -0.2) is 4.79 Å². The Morgan fingerprint density at radius 2 is 1.79 bits per heavy atom. The lowest BCUT2D eigenvalue weighted by atomic mass is 9.83. The third-order valence-electron chi connectivity index (χ3n) is 6.18. The third-order valence-corrected chi connectivity index (χ3v) is 6.18. The molecule has 34 heavy (non-hydrogen) atoms. The number of halogens is 3. The topological polar surface area (TPSA) is 68.0 Å². The summed E-state index contributed by atoms with van der Waals surface area (Å²) in [6.07, 6.45) is -3.24. The zero-order chi connectivity index (χ0) is 24.3. The van der Waals surface area contributed by atoms with E-state index in [4.69, 9.17) is 9.26 Å². The van der Waals surface area contributed by atoms with Crippen LogP contribution in [0.15, 0.2) is 34.9 Å². The van der Waals surface area contributed by atoms with Crippen LogP contribution in [0.25, 0.3) is 0 Å². The quantitative estimate of drug-likeness (QED) is 0.614. The summed E-state index contributed by atoms with van der Waals surface area (Å²) < 4.78 is 52.7. The van der Waals surface area contributed by atoms with E-state index >= 15 is 0 Å². The number of rotatable bonds is 5. The predicted octanol–water partition coefficient (Wildman–Crippen LogP) is 4.80. The number of alkyl halides is 3. The van der Waals surface area contributed by atoms with Gasteiger partial charge in [-0.1, -0.05) is 31.1 Å². The van der Waals surface area contributed by atoms with Crippen LogP contribution < -0.4 is 4.74 Å². The molecule has 1 aromatic heterocycles. The fraction of sp³-hybridized carbons (Fsp3) is 0.583. The number of amides is 2. The van der Waals surface area contributed by atoms with Gasteiger partial charge in [-0.15, -0.1) is 13.2 Å². The molecular weight excluding hydrogens is 451 g/mol. The van der Waals surface area contributed by atoms with Crippen molar-refractivity contribution in [1.82, 2.24) is 15.0 Å². The molecule has 2 fully saturated rings. The van der Waals surface area contributed by atoms with E-state index in [1.807, 2.05) is 11.0 Å². The van der Waals surface area contributed by atoms with Crippen molar-refractivity contribution < 1.29 is 32.0 Å². The highest BCUT2D eigenvalue weighted by Gasteiger charge is 2.36. The second-order valence-electron chi connectivity index (χ2n) is 9.35. The Kier molecular flexibility index (Phi) is 7.35. The summed E-state index contributed by atoms with van der Waals surface area (Å²) in [5.74, 6) is 0.773. The Labute approximate surface area is 196 Å². The zero-order valence-electron chi connectivity index (χ0n) is 19.4. The Hall–Kier alpha value is -2.75. The number of aromatic nitrogens is 1. The van der Waals surface area contributed by atoms with Crippen LogP contribution in [0.4, 0.5) is 18.0 Å². The van der Waals surface area contributed by atoms with Crippen LogP contribution in [0.2, 0.25) is 0 Å². The van der Waals surface area contributed by atoms with Gasteiger partial charge in [0.05, 0.1) is 18.9 Å². The normalized spacial score (nSPS) is 21.7. The highest BCUT2D eigenvalue weighted by molar-refractivity contribution is 5.75. The minimum Gasteiger partial charge on any atom is -0.406 e. The summed E-state index contributed by atoms with van der Waals surface area (Å²) in [4.78, 5) is 16.9. The van der Waals surface area contributed by atoms with E-state index in [0.717, 1.165) is 23.4 Å². The number of nitrogens with zero attached hydrogens (tertiary/aromatic N) is 3. The van der Waals surface area contributed by atoms with E-state index < -0.39 is 6.36 Å². The van der Waals surface area contributed by atoms with Gasteiger partial charge in [0.2, 0.25) is 0 Å². The molecule has 2 aromatic rings.